The van der Waals surface area contributed by atoms with Crippen molar-refractivity contribution < 1.29 is 9.32 Å². The van der Waals surface area contributed by atoms with Crippen molar-refractivity contribution in [2.45, 2.75) is 38.6 Å². The first kappa shape index (κ1) is 14.1. The van der Waals surface area contributed by atoms with Gasteiger partial charge in [0.2, 0.25) is 0 Å². The smallest absolute Gasteiger partial charge is 0.273 e. The van der Waals surface area contributed by atoms with E-state index in [4.69, 9.17) is 16.1 Å². The molecule has 5 heteroatoms. The summed E-state index contributed by atoms with van der Waals surface area (Å²) in [4.78, 5) is 12.3. The monoisotopic (exact) mass is 304 g/mol. The molecule has 0 atom stereocenters. The summed E-state index contributed by atoms with van der Waals surface area (Å²) in [6.45, 7) is 1.85. The molecule has 0 bridgehead atoms. The highest BCUT2D eigenvalue weighted by atomic mass is 35.5. The van der Waals surface area contributed by atoms with Gasteiger partial charge < -0.3 is 9.84 Å². The SMILES string of the molecule is Cc1c(C(=O)NC2CCCC2)noc1-c1ccc(Cl)cc1. The van der Waals surface area contributed by atoms with Crippen LogP contribution >= 0.6 is 11.6 Å². The van der Waals surface area contributed by atoms with Crippen molar-refractivity contribution in [2.75, 3.05) is 0 Å². The maximum absolute atomic E-state index is 12.3. The predicted molar refractivity (Wildman–Crippen MR) is 81.4 cm³/mol. The van der Waals surface area contributed by atoms with Crippen LogP contribution in [0, 0.1) is 6.92 Å². The molecule has 1 aromatic heterocycles. The summed E-state index contributed by atoms with van der Waals surface area (Å²) >= 11 is 5.88. The molecule has 0 radical (unpaired) electrons. The zero-order valence-electron chi connectivity index (χ0n) is 11.9. The van der Waals surface area contributed by atoms with E-state index in [0.29, 0.717) is 16.5 Å². The number of amides is 1. The maximum atomic E-state index is 12.3. The number of aromatic nitrogens is 1. The van der Waals surface area contributed by atoms with E-state index in [0.717, 1.165) is 24.0 Å². The molecule has 1 aliphatic carbocycles. The third kappa shape index (κ3) is 2.95. The van der Waals surface area contributed by atoms with Crippen molar-refractivity contribution >= 4 is 17.5 Å². The molecule has 1 aliphatic rings. The predicted octanol–water partition coefficient (Wildman–Crippen LogP) is 3.98. The number of nitrogens with zero attached hydrogens (tertiary/aromatic N) is 1. The summed E-state index contributed by atoms with van der Waals surface area (Å²) in [5.41, 5.74) is 1.99. The van der Waals surface area contributed by atoms with Crippen molar-refractivity contribution in [1.29, 1.82) is 0 Å². The highest BCUT2D eigenvalue weighted by Crippen LogP contribution is 2.27. The highest BCUT2D eigenvalue weighted by Gasteiger charge is 2.23. The topological polar surface area (TPSA) is 55.1 Å². The van der Waals surface area contributed by atoms with E-state index >= 15 is 0 Å². The number of hydrogen-bond acceptors (Lipinski definition) is 3. The van der Waals surface area contributed by atoms with Crippen LogP contribution in [0.4, 0.5) is 0 Å². The van der Waals surface area contributed by atoms with Crippen LogP contribution in [0.25, 0.3) is 11.3 Å². The number of rotatable bonds is 3. The standard InChI is InChI=1S/C16H17ClN2O2/c1-10-14(16(20)18-13-4-2-3-5-13)19-21-15(10)11-6-8-12(17)9-7-11/h6-9,13H,2-5H2,1H3,(H,18,20). The van der Waals surface area contributed by atoms with E-state index in [9.17, 15) is 4.79 Å². The Morgan fingerprint density at radius 1 is 1.29 bits per heavy atom. The molecule has 1 N–H and O–H groups in total. The molecule has 110 valence electrons. The lowest BCUT2D eigenvalue weighted by Crippen LogP contribution is -2.33. The summed E-state index contributed by atoms with van der Waals surface area (Å²) in [5, 5.41) is 7.63. The van der Waals surface area contributed by atoms with Gasteiger partial charge in [-0.25, -0.2) is 0 Å². The summed E-state index contributed by atoms with van der Waals surface area (Å²) in [7, 11) is 0. The molecule has 1 amide bonds. The minimum Gasteiger partial charge on any atom is -0.355 e. The van der Waals surface area contributed by atoms with Gasteiger partial charge in [-0.1, -0.05) is 29.6 Å². The van der Waals surface area contributed by atoms with E-state index in [1.807, 2.05) is 19.1 Å². The zero-order chi connectivity index (χ0) is 14.8. The molecule has 1 heterocycles. The third-order valence-corrected chi connectivity index (χ3v) is 4.19. The van der Waals surface area contributed by atoms with Crippen LogP contribution in [0.3, 0.4) is 0 Å². The van der Waals surface area contributed by atoms with Crippen LogP contribution in [0.15, 0.2) is 28.8 Å². The zero-order valence-corrected chi connectivity index (χ0v) is 12.6. The van der Waals surface area contributed by atoms with Crippen LogP contribution in [-0.4, -0.2) is 17.1 Å². The second kappa shape index (κ2) is 5.90. The number of hydrogen-bond donors (Lipinski definition) is 1. The minimum atomic E-state index is -0.150. The van der Waals surface area contributed by atoms with Crippen molar-refractivity contribution in [3.05, 3.63) is 40.5 Å². The molecule has 2 aromatic rings. The average molecular weight is 305 g/mol. The van der Waals surface area contributed by atoms with Gasteiger partial charge in [0, 0.05) is 22.2 Å². The summed E-state index contributed by atoms with van der Waals surface area (Å²) < 4.78 is 5.35. The van der Waals surface area contributed by atoms with Gasteiger partial charge in [0.25, 0.3) is 5.91 Å². The van der Waals surface area contributed by atoms with Gasteiger partial charge >= 0.3 is 0 Å². The van der Waals surface area contributed by atoms with Crippen molar-refractivity contribution in [2.24, 2.45) is 0 Å². The Bertz CT molecular complexity index is 643. The van der Waals surface area contributed by atoms with Crippen molar-refractivity contribution in [3.8, 4) is 11.3 Å². The fourth-order valence-electron chi connectivity index (χ4n) is 2.74. The van der Waals surface area contributed by atoms with Gasteiger partial charge in [0.1, 0.15) is 0 Å². The summed E-state index contributed by atoms with van der Waals surface area (Å²) in [5.74, 6) is 0.464. The second-order valence-electron chi connectivity index (χ2n) is 5.45. The highest BCUT2D eigenvalue weighted by molar-refractivity contribution is 6.30. The summed E-state index contributed by atoms with van der Waals surface area (Å²) in [6, 6.07) is 7.56. The fraction of sp³-hybridized carbons (Fsp3) is 0.375. The molecule has 1 saturated carbocycles. The molecule has 0 unspecified atom stereocenters. The van der Waals surface area contributed by atoms with Gasteiger partial charge in [0.15, 0.2) is 11.5 Å². The molecule has 0 saturated heterocycles. The Morgan fingerprint density at radius 3 is 2.62 bits per heavy atom. The average Bonchev–Trinajstić information content (AvgIpc) is 3.09. The molecule has 0 spiro atoms. The first-order chi connectivity index (χ1) is 10.1. The Labute approximate surface area is 128 Å². The largest absolute Gasteiger partial charge is 0.355 e. The first-order valence-corrected chi connectivity index (χ1v) is 7.56. The van der Waals surface area contributed by atoms with E-state index in [-0.39, 0.29) is 11.9 Å². The van der Waals surface area contributed by atoms with Crippen LogP contribution < -0.4 is 5.32 Å². The van der Waals surface area contributed by atoms with Gasteiger partial charge in [-0.05, 0) is 44.0 Å². The normalized spacial score (nSPS) is 15.3. The third-order valence-electron chi connectivity index (χ3n) is 3.94. The Hall–Kier alpha value is -1.81. The van der Waals surface area contributed by atoms with Gasteiger partial charge in [-0.15, -0.1) is 0 Å². The second-order valence-corrected chi connectivity index (χ2v) is 5.88. The van der Waals surface area contributed by atoms with Crippen LogP contribution in [0.1, 0.15) is 41.7 Å². The van der Waals surface area contributed by atoms with Gasteiger partial charge in [0.05, 0.1) is 0 Å². The number of carbonyl (C=O) groups is 1. The van der Waals surface area contributed by atoms with Crippen LogP contribution in [0.5, 0.6) is 0 Å². The fourth-order valence-corrected chi connectivity index (χ4v) is 2.87. The van der Waals surface area contributed by atoms with Crippen LogP contribution in [-0.2, 0) is 0 Å². The van der Waals surface area contributed by atoms with E-state index in [1.54, 1.807) is 12.1 Å². The number of benzene rings is 1. The molecular weight excluding hydrogens is 288 g/mol. The number of halogens is 1. The maximum Gasteiger partial charge on any atom is 0.273 e. The lowest BCUT2D eigenvalue weighted by atomic mass is 10.1. The van der Waals surface area contributed by atoms with Gasteiger partial charge in [-0.2, -0.15) is 0 Å². The van der Waals surface area contributed by atoms with Crippen molar-refractivity contribution in [1.82, 2.24) is 10.5 Å². The number of nitrogens with one attached hydrogen (secondary N) is 1. The lowest BCUT2D eigenvalue weighted by molar-refractivity contribution is 0.0928. The molecule has 4 nitrogen and oxygen atoms in total. The molecular formula is C16H17ClN2O2. The van der Waals surface area contributed by atoms with E-state index < -0.39 is 0 Å². The summed E-state index contributed by atoms with van der Waals surface area (Å²) in [6.07, 6.45) is 4.46. The quantitative estimate of drug-likeness (QED) is 0.933. The molecule has 1 fully saturated rings. The Morgan fingerprint density at radius 2 is 1.95 bits per heavy atom. The molecule has 21 heavy (non-hydrogen) atoms. The Balaban J connectivity index is 1.81. The Kier molecular flexibility index (Phi) is 3.97. The minimum absolute atomic E-state index is 0.150. The molecule has 0 aliphatic heterocycles. The lowest BCUT2D eigenvalue weighted by Gasteiger charge is -2.10. The van der Waals surface area contributed by atoms with E-state index in [2.05, 4.69) is 10.5 Å². The first-order valence-electron chi connectivity index (χ1n) is 7.18. The number of carbonyl (C=O) groups excluding carboxylic acids is 1. The van der Waals surface area contributed by atoms with Crippen molar-refractivity contribution in [3.63, 3.8) is 0 Å². The van der Waals surface area contributed by atoms with E-state index in [1.165, 1.54) is 12.8 Å². The van der Waals surface area contributed by atoms with Crippen LogP contribution in [0.2, 0.25) is 5.02 Å². The van der Waals surface area contributed by atoms with Gasteiger partial charge in [-0.3, -0.25) is 4.79 Å². The molecule has 3 rings (SSSR count). The molecule has 1 aromatic carbocycles.